The summed E-state index contributed by atoms with van der Waals surface area (Å²) >= 11 is 0. The normalized spacial score (nSPS) is 21.4. The van der Waals surface area contributed by atoms with E-state index in [0.29, 0.717) is 34.9 Å². The number of piperazine rings is 1. The number of nitrogens with zero attached hydrogens (tertiary/aromatic N) is 3. The highest BCUT2D eigenvalue weighted by Gasteiger charge is 2.32. The minimum Gasteiger partial charge on any atom is -0.484 e. The van der Waals surface area contributed by atoms with E-state index in [1.807, 2.05) is 4.90 Å². The summed E-state index contributed by atoms with van der Waals surface area (Å²) < 4.78 is 21.8. The van der Waals surface area contributed by atoms with Crippen molar-refractivity contribution in [3.05, 3.63) is 36.0 Å². The lowest BCUT2D eigenvalue weighted by molar-refractivity contribution is 0.0368. The highest BCUT2D eigenvalue weighted by Crippen LogP contribution is 2.35. The Hall–Kier alpha value is -2.74. The fourth-order valence-electron chi connectivity index (χ4n) is 4.09. The van der Waals surface area contributed by atoms with E-state index >= 15 is 0 Å². The molecule has 4 heterocycles. The molecule has 0 aliphatic carbocycles. The van der Waals surface area contributed by atoms with Crippen LogP contribution >= 0.6 is 0 Å². The Morgan fingerprint density at radius 3 is 3.07 bits per heavy atom. The number of ether oxygens (including phenoxy) is 3. The largest absolute Gasteiger partial charge is 0.484 e. The van der Waals surface area contributed by atoms with Gasteiger partial charge in [0, 0.05) is 31.7 Å². The molecule has 3 aliphatic heterocycles. The van der Waals surface area contributed by atoms with Gasteiger partial charge < -0.3 is 23.5 Å². The van der Waals surface area contributed by atoms with E-state index in [1.165, 1.54) is 19.1 Å². The Bertz CT molecular complexity index is 867. The number of hydrogen-bond donors (Lipinski definition) is 0. The minimum absolute atomic E-state index is 0.0664. The highest BCUT2D eigenvalue weighted by atomic mass is 16.7. The summed E-state index contributed by atoms with van der Waals surface area (Å²) in [5.74, 6) is 2.29. The summed E-state index contributed by atoms with van der Waals surface area (Å²) in [5, 5.41) is 0. The number of amides is 1. The summed E-state index contributed by atoms with van der Waals surface area (Å²) in [6.07, 6.45) is 5.10. The van der Waals surface area contributed by atoms with Crippen LogP contribution < -0.4 is 14.2 Å². The van der Waals surface area contributed by atoms with Crippen molar-refractivity contribution in [2.24, 2.45) is 0 Å². The van der Waals surface area contributed by atoms with Crippen LogP contribution in [-0.4, -0.2) is 59.7 Å². The summed E-state index contributed by atoms with van der Waals surface area (Å²) in [6, 6.07) is 5.84. The van der Waals surface area contributed by atoms with Gasteiger partial charge in [0.05, 0.1) is 0 Å². The lowest BCUT2D eigenvalue weighted by atomic mass is 9.99. The molecule has 2 fully saturated rings. The molecule has 2 saturated heterocycles. The monoisotopic (exact) mass is 385 g/mol. The number of oxazole rings is 1. The third kappa shape index (κ3) is 3.40. The molecule has 0 saturated carbocycles. The number of benzene rings is 1. The van der Waals surface area contributed by atoms with Crippen LogP contribution in [-0.2, 0) is 6.61 Å². The molecule has 8 heteroatoms. The maximum atomic E-state index is 12.8. The lowest BCUT2D eigenvalue weighted by Crippen LogP contribution is -2.56. The van der Waals surface area contributed by atoms with Gasteiger partial charge in [-0.05, 0) is 31.5 Å². The Balaban J connectivity index is 1.19. The van der Waals surface area contributed by atoms with Gasteiger partial charge in [-0.3, -0.25) is 9.69 Å². The second-order valence-corrected chi connectivity index (χ2v) is 7.37. The molecule has 5 rings (SSSR count). The number of carbonyl (C=O) groups is 1. The van der Waals surface area contributed by atoms with Gasteiger partial charge in [0.25, 0.3) is 5.91 Å². The van der Waals surface area contributed by atoms with Gasteiger partial charge in [-0.15, -0.1) is 0 Å². The average Bonchev–Trinajstić information content (AvgIpc) is 3.40. The van der Waals surface area contributed by atoms with E-state index in [2.05, 4.69) is 9.88 Å². The van der Waals surface area contributed by atoms with Crippen LogP contribution in [0, 0.1) is 0 Å². The molecule has 1 amide bonds. The quantitative estimate of drug-likeness (QED) is 0.799. The van der Waals surface area contributed by atoms with Crippen LogP contribution in [0.15, 0.2) is 28.9 Å². The minimum atomic E-state index is -0.0664. The van der Waals surface area contributed by atoms with Crippen molar-refractivity contribution < 1.29 is 23.4 Å². The van der Waals surface area contributed by atoms with Crippen LogP contribution in [0.4, 0.5) is 0 Å². The SMILES string of the molecule is O=C(c1coc(COc2ccc3c(c2)OCO3)n1)N1CCN2CCCC[C@H]2C1. The van der Waals surface area contributed by atoms with Crippen LogP contribution in [0.5, 0.6) is 17.2 Å². The van der Waals surface area contributed by atoms with Gasteiger partial charge in [0.15, 0.2) is 23.8 Å². The smallest absolute Gasteiger partial charge is 0.275 e. The van der Waals surface area contributed by atoms with Crippen molar-refractivity contribution in [3.8, 4) is 17.2 Å². The van der Waals surface area contributed by atoms with Crippen LogP contribution in [0.1, 0.15) is 35.6 Å². The molecule has 3 aliphatic rings. The molecule has 148 valence electrons. The number of fused-ring (bicyclic) bond motifs is 2. The number of hydrogen-bond acceptors (Lipinski definition) is 7. The second-order valence-electron chi connectivity index (χ2n) is 7.37. The fourth-order valence-corrected chi connectivity index (χ4v) is 4.09. The topological polar surface area (TPSA) is 77.3 Å². The number of carbonyl (C=O) groups excluding carboxylic acids is 1. The summed E-state index contributed by atoms with van der Waals surface area (Å²) in [7, 11) is 0. The van der Waals surface area contributed by atoms with Gasteiger partial charge in [-0.25, -0.2) is 4.98 Å². The summed E-state index contributed by atoms with van der Waals surface area (Å²) in [5.41, 5.74) is 0.341. The molecular weight excluding hydrogens is 362 g/mol. The first-order valence-corrected chi connectivity index (χ1v) is 9.76. The summed E-state index contributed by atoms with van der Waals surface area (Å²) in [4.78, 5) is 21.5. The maximum absolute atomic E-state index is 12.8. The predicted molar refractivity (Wildman–Crippen MR) is 98.5 cm³/mol. The second kappa shape index (κ2) is 7.35. The molecule has 0 bridgehead atoms. The summed E-state index contributed by atoms with van der Waals surface area (Å²) in [6.45, 7) is 3.97. The lowest BCUT2D eigenvalue weighted by Gasteiger charge is -2.43. The molecule has 1 aromatic carbocycles. The number of rotatable bonds is 4. The molecule has 0 unspecified atom stereocenters. The molecule has 0 spiro atoms. The van der Waals surface area contributed by atoms with E-state index in [1.54, 1.807) is 18.2 Å². The third-order valence-corrected chi connectivity index (χ3v) is 5.60. The van der Waals surface area contributed by atoms with E-state index in [4.69, 9.17) is 18.6 Å². The maximum Gasteiger partial charge on any atom is 0.275 e. The third-order valence-electron chi connectivity index (χ3n) is 5.60. The van der Waals surface area contributed by atoms with Crippen molar-refractivity contribution in [2.75, 3.05) is 33.0 Å². The van der Waals surface area contributed by atoms with Gasteiger partial charge in [0.2, 0.25) is 12.7 Å². The zero-order chi connectivity index (χ0) is 18.9. The van der Waals surface area contributed by atoms with Gasteiger partial charge in [-0.1, -0.05) is 6.42 Å². The highest BCUT2D eigenvalue weighted by molar-refractivity contribution is 5.92. The van der Waals surface area contributed by atoms with Crippen LogP contribution in [0.2, 0.25) is 0 Å². The van der Waals surface area contributed by atoms with Crippen molar-refractivity contribution in [1.29, 1.82) is 0 Å². The van der Waals surface area contributed by atoms with Crippen molar-refractivity contribution in [1.82, 2.24) is 14.8 Å². The molecule has 0 N–H and O–H groups in total. The van der Waals surface area contributed by atoms with Gasteiger partial charge in [0.1, 0.15) is 12.0 Å². The standard InChI is InChI=1S/C20H23N3O5/c24-20(23-8-7-22-6-2-1-3-14(22)10-23)16-11-26-19(21-16)12-25-15-4-5-17-18(9-15)28-13-27-17/h4-5,9,11,14H,1-3,6-8,10,12-13H2/t14-/m0/s1. The fraction of sp³-hybridized carbons (Fsp3) is 0.500. The van der Waals surface area contributed by atoms with Crippen molar-refractivity contribution >= 4 is 5.91 Å². The Kier molecular flexibility index (Phi) is 4.56. The zero-order valence-electron chi connectivity index (χ0n) is 15.6. The number of aromatic nitrogens is 1. The molecule has 2 aromatic rings. The Morgan fingerprint density at radius 1 is 1.18 bits per heavy atom. The van der Waals surface area contributed by atoms with E-state index in [9.17, 15) is 4.79 Å². The van der Waals surface area contributed by atoms with E-state index in [-0.39, 0.29) is 19.3 Å². The molecular formula is C20H23N3O5. The molecule has 1 atom stereocenters. The first kappa shape index (κ1) is 17.4. The van der Waals surface area contributed by atoms with Crippen molar-refractivity contribution in [3.63, 3.8) is 0 Å². The number of piperidine rings is 1. The predicted octanol–water partition coefficient (Wildman–Crippen LogP) is 2.29. The first-order valence-electron chi connectivity index (χ1n) is 9.76. The van der Waals surface area contributed by atoms with Crippen LogP contribution in [0.25, 0.3) is 0 Å². The first-order chi connectivity index (χ1) is 13.8. The Morgan fingerprint density at radius 2 is 2.11 bits per heavy atom. The molecule has 28 heavy (non-hydrogen) atoms. The van der Waals surface area contributed by atoms with E-state index in [0.717, 1.165) is 32.6 Å². The molecule has 0 radical (unpaired) electrons. The van der Waals surface area contributed by atoms with Gasteiger partial charge >= 0.3 is 0 Å². The average molecular weight is 385 g/mol. The van der Waals surface area contributed by atoms with Gasteiger partial charge in [-0.2, -0.15) is 0 Å². The zero-order valence-corrected chi connectivity index (χ0v) is 15.6. The van der Waals surface area contributed by atoms with Crippen molar-refractivity contribution in [2.45, 2.75) is 31.9 Å². The van der Waals surface area contributed by atoms with E-state index < -0.39 is 0 Å². The van der Waals surface area contributed by atoms with Crippen LogP contribution in [0.3, 0.4) is 0 Å². The molecule has 8 nitrogen and oxygen atoms in total. The molecule has 1 aromatic heterocycles. The Labute approximate surface area is 163 Å².